The molecule has 3 saturated carbocycles. The first-order chi connectivity index (χ1) is 15.2. The number of benzene rings is 1. The second-order valence-electron chi connectivity index (χ2n) is 11.5. The molecule has 0 spiro atoms. The summed E-state index contributed by atoms with van der Waals surface area (Å²) in [7, 11) is 2.01. The number of hydrogen-bond acceptors (Lipinski definition) is 2. The summed E-state index contributed by atoms with van der Waals surface area (Å²) in [5.41, 5.74) is 1.19. The molecule has 2 unspecified atom stereocenters. The van der Waals surface area contributed by atoms with Gasteiger partial charge < -0.3 is 10.2 Å². The predicted molar refractivity (Wildman–Crippen MR) is 123 cm³/mol. The molecule has 7 atom stereocenters. The zero-order valence-corrected chi connectivity index (χ0v) is 19.9. The van der Waals surface area contributed by atoms with E-state index < -0.39 is 0 Å². The van der Waals surface area contributed by atoms with Crippen molar-refractivity contribution in [2.24, 2.45) is 28.6 Å². The van der Waals surface area contributed by atoms with Crippen LogP contribution in [-0.4, -0.2) is 35.8 Å². The minimum absolute atomic E-state index is 0.0949. The van der Waals surface area contributed by atoms with Crippen molar-refractivity contribution >= 4 is 11.8 Å². The molecule has 1 aromatic carbocycles. The molecule has 4 nitrogen and oxygen atoms in total. The summed E-state index contributed by atoms with van der Waals surface area (Å²) in [4.78, 5) is 27.5. The Kier molecular flexibility index (Phi) is 5.18. The average molecular weight is 441 g/mol. The Morgan fingerprint density at radius 3 is 2.59 bits per heavy atom. The smallest absolute Gasteiger partial charge is 0.251 e. The summed E-state index contributed by atoms with van der Waals surface area (Å²) >= 11 is 0. The number of carbonyl (C=O) groups is 2. The molecule has 3 aliphatic carbocycles. The second-order valence-corrected chi connectivity index (χ2v) is 11.5. The molecular weight excluding hydrogens is 403 g/mol. The Labute approximate surface area is 191 Å². The third-order valence-electron chi connectivity index (χ3n) is 10.4. The number of likely N-dealkylation sites (tertiary alicyclic amines) is 1. The van der Waals surface area contributed by atoms with E-state index in [1.54, 1.807) is 19.1 Å². The molecule has 1 heterocycles. The van der Waals surface area contributed by atoms with Crippen LogP contribution in [0.5, 0.6) is 0 Å². The van der Waals surface area contributed by atoms with E-state index in [0.717, 1.165) is 32.1 Å². The molecule has 32 heavy (non-hydrogen) atoms. The lowest BCUT2D eigenvalue weighted by atomic mass is 9.47. The molecule has 1 aromatic rings. The van der Waals surface area contributed by atoms with Gasteiger partial charge in [-0.05, 0) is 98.1 Å². The molecule has 0 bridgehead atoms. The minimum Gasteiger partial charge on any atom is -0.349 e. The van der Waals surface area contributed by atoms with Crippen LogP contribution in [0.4, 0.5) is 4.39 Å². The van der Waals surface area contributed by atoms with Crippen molar-refractivity contribution in [2.45, 2.75) is 84.2 Å². The number of halogens is 1. The van der Waals surface area contributed by atoms with Crippen LogP contribution < -0.4 is 5.32 Å². The number of fused-ring (bicyclic) bond motifs is 5. The molecule has 4 fully saturated rings. The highest BCUT2D eigenvalue weighted by atomic mass is 19.1. The summed E-state index contributed by atoms with van der Waals surface area (Å²) in [6.07, 6.45) is 8.44. The van der Waals surface area contributed by atoms with E-state index in [1.807, 2.05) is 11.9 Å². The maximum absolute atomic E-state index is 14.0. The molecule has 2 amide bonds. The lowest BCUT2D eigenvalue weighted by Gasteiger charge is -2.61. The first-order valence-electron chi connectivity index (χ1n) is 12.5. The maximum Gasteiger partial charge on any atom is 0.251 e. The monoisotopic (exact) mass is 440 g/mol. The minimum atomic E-state index is -0.324. The Bertz CT molecular complexity index is 948. The van der Waals surface area contributed by atoms with E-state index in [2.05, 4.69) is 19.2 Å². The number of nitrogens with one attached hydrogen (secondary N) is 1. The molecule has 174 valence electrons. The van der Waals surface area contributed by atoms with Gasteiger partial charge in [-0.15, -0.1) is 0 Å². The van der Waals surface area contributed by atoms with E-state index >= 15 is 0 Å². The summed E-state index contributed by atoms with van der Waals surface area (Å²) in [5, 5.41) is 3.32. The molecule has 1 saturated heterocycles. The van der Waals surface area contributed by atoms with Crippen molar-refractivity contribution in [2.75, 3.05) is 7.05 Å². The fourth-order valence-electron chi connectivity index (χ4n) is 8.48. The van der Waals surface area contributed by atoms with Crippen LogP contribution in [0.2, 0.25) is 0 Å². The van der Waals surface area contributed by atoms with Gasteiger partial charge in [-0.25, -0.2) is 4.39 Å². The normalized spacial score (nSPS) is 41.0. The molecule has 1 aliphatic heterocycles. The average Bonchev–Trinajstić information content (AvgIpc) is 3.09. The van der Waals surface area contributed by atoms with E-state index in [-0.39, 0.29) is 28.6 Å². The Balaban J connectivity index is 1.36. The van der Waals surface area contributed by atoms with Gasteiger partial charge in [0, 0.05) is 31.1 Å². The van der Waals surface area contributed by atoms with E-state index in [1.165, 1.54) is 18.9 Å². The molecule has 4 aliphatic rings. The van der Waals surface area contributed by atoms with Crippen LogP contribution in [0.1, 0.15) is 81.1 Å². The fourth-order valence-corrected chi connectivity index (χ4v) is 8.48. The van der Waals surface area contributed by atoms with Crippen molar-refractivity contribution in [1.82, 2.24) is 10.2 Å². The van der Waals surface area contributed by atoms with Gasteiger partial charge in [-0.3, -0.25) is 9.59 Å². The Morgan fingerprint density at radius 2 is 1.81 bits per heavy atom. The molecule has 1 N–H and O–H groups in total. The number of carbonyl (C=O) groups excluding carboxylic acids is 2. The number of hydrogen-bond donors (Lipinski definition) is 1. The van der Waals surface area contributed by atoms with Gasteiger partial charge in [-0.1, -0.05) is 19.9 Å². The standard InChI is InChI=1S/C27H37FN2O2/c1-16-17(6-5-7-21(16)28)25(32)29-22-10-9-19-18-8-11-23-27(3,15-13-24(31)30(23)4)20(18)12-14-26(19,22)2/h5-7,18-20,22-23H,8-15H2,1-4H3,(H,29,32)/t18-,19-,20+,22?,23?,26-,27+/m0/s1. The number of amides is 2. The first-order valence-corrected chi connectivity index (χ1v) is 12.5. The first kappa shape index (κ1) is 21.9. The van der Waals surface area contributed by atoms with Gasteiger partial charge in [-0.2, -0.15) is 0 Å². The number of piperidine rings is 1. The SMILES string of the molecule is Cc1c(F)cccc1C(=O)NC1CC[C@H]2[C@@H]3CCC4N(C)C(=O)CC[C@]4(C)[C@@H]3CC[C@]12C. The second kappa shape index (κ2) is 7.56. The molecule has 0 aromatic heterocycles. The van der Waals surface area contributed by atoms with Crippen LogP contribution >= 0.6 is 0 Å². The zero-order chi connectivity index (χ0) is 22.8. The highest BCUT2D eigenvalue weighted by Crippen LogP contribution is 2.64. The summed E-state index contributed by atoms with van der Waals surface area (Å²) < 4.78 is 14.0. The highest BCUT2D eigenvalue weighted by molar-refractivity contribution is 5.95. The van der Waals surface area contributed by atoms with Crippen molar-refractivity contribution in [3.05, 3.63) is 35.1 Å². The number of rotatable bonds is 2. The van der Waals surface area contributed by atoms with Crippen molar-refractivity contribution in [3.8, 4) is 0 Å². The van der Waals surface area contributed by atoms with Gasteiger partial charge in [0.15, 0.2) is 0 Å². The number of nitrogens with zero attached hydrogens (tertiary/aromatic N) is 1. The van der Waals surface area contributed by atoms with Crippen molar-refractivity contribution < 1.29 is 14.0 Å². The quantitative estimate of drug-likeness (QED) is 0.696. The fraction of sp³-hybridized carbons (Fsp3) is 0.704. The van der Waals surface area contributed by atoms with Gasteiger partial charge in [0.1, 0.15) is 5.82 Å². The maximum atomic E-state index is 14.0. The van der Waals surface area contributed by atoms with Gasteiger partial charge in [0.05, 0.1) is 0 Å². The molecule has 0 radical (unpaired) electrons. The van der Waals surface area contributed by atoms with E-state index in [4.69, 9.17) is 0 Å². The molecule has 5 heteroatoms. The lowest BCUT2D eigenvalue weighted by Crippen LogP contribution is -2.62. The van der Waals surface area contributed by atoms with Gasteiger partial charge in [0.25, 0.3) is 5.91 Å². The summed E-state index contributed by atoms with van der Waals surface area (Å²) in [5.74, 6) is 1.79. The van der Waals surface area contributed by atoms with E-state index in [0.29, 0.717) is 47.3 Å². The third-order valence-corrected chi connectivity index (χ3v) is 10.4. The van der Waals surface area contributed by atoms with Crippen LogP contribution in [0.15, 0.2) is 18.2 Å². The van der Waals surface area contributed by atoms with Gasteiger partial charge in [0.2, 0.25) is 5.91 Å². The Hall–Kier alpha value is -1.91. The van der Waals surface area contributed by atoms with Crippen molar-refractivity contribution in [1.29, 1.82) is 0 Å². The highest BCUT2D eigenvalue weighted by Gasteiger charge is 2.61. The topological polar surface area (TPSA) is 49.4 Å². The van der Waals surface area contributed by atoms with Crippen LogP contribution in [-0.2, 0) is 4.79 Å². The van der Waals surface area contributed by atoms with Crippen LogP contribution in [0, 0.1) is 41.3 Å². The largest absolute Gasteiger partial charge is 0.349 e. The zero-order valence-electron chi connectivity index (χ0n) is 19.9. The van der Waals surface area contributed by atoms with Gasteiger partial charge >= 0.3 is 0 Å². The van der Waals surface area contributed by atoms with Crippen LogP contribution in [0.25, 0.3) is 0 Å². The van der Waals surface area contributed by atoms with Crippen molar-refractivity contribution in [3.63, 3.8) is 0 Å². The summed E-state index contributed by atoms with van der Waals surface area (Å²) in [6, 6.07) is 5.27. The lowest BCUT2D eigenvalue weighted by molar-refractivity contribution is -0.157. The summed E-state index contributed by atoms with van der Waals surface area (Å²) in [6.45, 7) is 6.51. The Morgan fingerprint density at radius 1 is 1.06 bits per heavy atom. The molecule has 5 rings (SSSR count). The third kappa shape index (κ3) is 3.06. The van der Waals surface area contributed by atoms with Crippen LogP contribution in [0.3, 0.4) is 0 Å². The van der Waals surface area contributed by atoms with E-state index in [9.17, 15) is 14.0 Å². The molecular formula is C27H37FN2O2. The predicted octanol–water partition coefficient (Wildman–Crippen LogP) is 5.10.